The lowest BCUT2D eigenvalue weighted by Gasteiger charge is -2.42. The Morgan fingerprint density at radius 2 is 1.80 bits per heavy atom. The number of thioether (sulfide) groups is 1. The quantitative estimate of drug-likeness (QED) is 0.522. The monoisotopic (exact) mass is 489 g/mol. The summed E-state index contributed by atoms with van der Waals surface area (Å²) in [6.07, 6.45) is 3.99. The molecule has 3 amide bonds. The van der Waals surface area contributed by atoms with Crippen molar-refractivity contribution in [3.63, 3.8) is 0 Å². The number of carbonyl (C=O) groups is 3. The van der Waals surface area contributed by atoms with Crippen molar-refractivity contribution >= 4 is 51.8 Å². The molecule has 1 saturated heterocycles. The molecular weight excluding hydrogens is 458 g/mol. The number of benzene rings is 2. The lowest BCUT2D eigenvalue weighted by Crippen LogP contribution is -2.44. The van der Waals surface area contributed by atoms with Crippen molar-refractivity contribution in [1.82, 2.24) is 4.90 Å². The van der Waals surface area contributed by atoms with Gasteiger partial charge in [-0.3, -0.25) is 19.3 Å². The Labute approximate surface area is 211 Å². The van der Waals surface area contributed by atoms with Crippen molar-refractivity contribution in [2.75, 3.05) is 23.3 Å². The molecule has 2 aromatic rings. The first kappa shape index (κ1) is 24.8. The summed E-state index contributed by atoms with van der Waals surface area (Å²) >= 11 is 0.866. The van der Waals surface area contributed by atoms with Crippen LogP contribution in [0.4, 0.5) is 16.2 Å². The van der Waals surface area contributed by atoms with Crippen LogP contribution in [0.3, 0.4) is 0 Å². The average molecular weight is 490 g/mol. The van der Waals surface area contributed by atoms with Gasteiger partial charge in [-0.05, 0) is 106 Å². The summed E-state index contributed by atoms with van der Waals surface area (Å²) in [5.41, 5.74) is 7.04. The molecule has 1 fully saturated rings. The number of anilines is 2. The molecule has 2 aliphatic heterocycles. The number of nitrogens with zero attached hydrogens (tertiary/aromatic N) is 2. The molecule has 0 atom stereocenters. The molecule has 0 aromatic heterocycles. The van der Waals surface area contributed by atoms with E-state index in [9.17, 15) is 14.4 Å². The summed E-state index contributed by atoms with van der Waals surface area (Å²) in [7, 11) is 0. The average Bonchev–Trinajstić information content (AvgIpc) is 3.03. The summed E-state index contributed by atoms with van der Waals surface area (Å²) in [5.74, 6) is -0.856. The number of rotatable bonds is 5. The van der Waals surface area contributed by atoms with Gasteiger partial charge in [0.15, 0.2) is 0 Å². The van der Waals surface area contributed by atoms with E-state index in [1.54, 1.807) is 12.1 Å². The van der Waals surface area contributed by atoms with Crippen LogP contribution < -0.4 is 10.2 Å². The van der Waals surface area contributed by atoms with E-state index in [-0.39, 0.29) is 12.1 Å². The Hall–Kier alpha value is -3.32. The van der Waals surface area contributed by atoms with Gasteiger partial charge in [-0.25, -0.2) is 0 Å². The van der Waals surface area contributed by atoms with E-state index < -0.39 is 17.1 Å². The second-order valence-corrected chi connectivity index (χ2v) is 10.6. The Morgan fingerprint density at radius 3 is 2.49 bits per heavy atom. The standard InChI is InChI=1S/C28H31N3O3S/c1-7-31-23-11-9-20(13-22(23)19(4)15-28(31,5)6)14-24-26(33)30(27(34)35-24)16-25(32)29-21-10-8-17(2)18(3)12-21/h8-15H,7,16H2,1-6H3,(H,29,32)/b24-14-. The van der Waals surface area contributed by atoms with Crippen LogP contribution in [-0.2, 0) is 9.59 Å². The van der Waals surface area contributed by atoms with Crippen molar-refractivity contribution in [1.29, 1.82) is 0 Å². The molecule has 0 saturated carbocycles. The number of imide groups is 1. The molecule has 0 radical (unpaired) electrons. The lowest BCUT2D eigenvalue weighted by molar-refractivity contribution is -0.127. The Bertz CT molecular complexity index is 1290. The highest BCUT2D eigenvalue weighted by atomic mass is 32.2. The number of fused-ring (bicyclic) bond motifs is 1. The van der Waals surface area contributed by atoms with Crippen LogP contribution in [-0.4, -0.2) is 40.6 Å². The first-order valence-electron chi connectivity index (χ1n) is 11.7. The SMILES string of the molecule is CCN1c2ccc(/C=C3\SC(=O)N(CC(=O)Nc4ccc(C)c(C)c4)C3=O)cc2C(C)=CC1(C)C. The van der Waals surface area contributed by atoms with E-state index in [0.717, 1.165) is 51.1 Å². The molecule has 6 nitrogen and oxygen atoms in total. The van der Waals surface area contributed by atoms with Gasteiger partial charge in [0.2, 0.25) is 5.91 Å². The van der Waals surface area contributed by atoms with Gasteiger partial charge in [0.05, 0.1) is 10.4 Å². The van der Waals surface area contributed by atoms with E-state index in [4.69, 9.17) is 0 Å². The largest absolute Gasteiger partial charge is 0.363 e. The molecular formula is C28H31N3O3S. The van der Waals surface area contributed by atoms with E-state index >= 15 is 0 Å². The Balaban J connectivity index is 1.51. The van der Waals surface area contributed by atoms with Gasteiger partial charge in [0.1, 0.15) is 6.54 Å². The van der Waals surface area contributed by atoms with Gasteiger partial charge in [0, 0.05) is 23.5 Å². The van der Waals surface area contributed by atoms with Crippen LogP contribution in [0.2, 0.25) is 0 Å². The van der Waals surface area contributed by atoms with Gasteiger partial charge in [-0.15, -0.1) is 0 Å². The van der Waals surface area contributed by atoms with E-state index in [1.807, 2.05) is 32.0 Å². The minimum absolute atomic E-state index is 0.0755. The normalized spacial score (nSPS) is 18.1. The van der Waals surface area contributed by atoms with Crippen LogP contribution in [0, 0.1) is 13.8 Å². The highest BCUT2D eigenvalue weighted by Gasteiger charge is 2.36. The number of hydrogen-bond donors (Lipinski definition) is 1. The highest BCUT2D eigenvalue weighted by molar-refractivity contribution is 8.18. The summed E-state index contributed by atoms with van der Waals surface area (Å²) in [6, 6.07) is 11.7. The van der Waals surface area contributed by atoms with Crippen LogP contribution in [0.5, 0.6) is 0 Å². The molecule has 2 aliphatic rings. The highest BCUT2D eigenvalue weighted by Crippen LogP contribution is 2.40. The predicted octanol–water partition coefficient (Wildman–Crippen LogP) is 6.00. The van der Waals surface area contributed by atoms with Gasteiger partial charge >= 0.3 is 0 Å². The van der Waals surface area contributed by atoms with Crippen molar-refractivity contribution < 1.29 is 14.4 Å². The molecule has 4 rings (SSSR count). The number of nitrogens with one attached hydrogen (secondary N) is 1. The number of likely N-dealkylation sites (N-methyl/N-ethyl adjacent to an activating group) is 1. The van der Waals surface area contributed by atoms with E-state index in [2.05, 4.69) is 56.1 Å². The first-order valence-corrected chi connectivity index (χ1v) is 12.6. The Kier molecular flexibility index (Phi) is 6.64. The minimum atomic E-state index is -0.448. The summed E-state index contributed by atoms with van der Waals surface area (Å²) in [5, 5.41) is 2.33. The van der Waals surface area contributed by atoms with Crippen LogP contribution in [0.1, 0.15) is 49.9 Å². The van der Waals surface area contributed by atoms with Crippen LogP contribution in [0.25, 0.3) is 11.6 Å². The number of hydrogen-bond acceptors (Lipinski definition) is 5. The molecule has 1 N–H and O–H groups in total. The van der Waals surface area contributed by atoms with Crippen molar-refractivity contribution in [2.45, 2.75) is 47.1 Å². The second kappa shape index (κ2) is 9.38. The maximum absolute atomic E-state index is 13.0. The van der Waals surface area contributed by atoms with E-state index in [1.165, 1.54) is 5.57 Å². The smallest absolute Gasteiger partial charge is 0.294 e. The van der Waals surface area contributed by atoms with Gasteiger partial charge in [0.25, 0.3) is 11.1 Å². The molecule has 2 aromatic carbocycles. The van der Waals surface area contributed by atoms with E-state index in [0.29, 0.717) is 10.6 Å². The predicted molar refractivity (Wildman–Crippen MR) is 144 cm³/mol. The third-order valence-electron chi connectivity index (χ3n) is 6.58. The van der Waals surface area contributed by atoms with Crippen molar-refractivity contribution in [2.24, 2.45) is 0 Å². The fourth-order valence-corrected chi connectivity index (χ4v) is 5.56. The Morgan fingerprint density at radius 1 is 1.06 bits per heavy atom. The van der Waals surface area contributed by atoms with Gasteiger partial charge in [-0.1, -0.05) is 18.2 Å². The molecule has 2 heterocycles. The maximum atomic E-state index is 13.0. The number of amides is 3. The van der Waals surface area contributed by atoms with Crippen LogP contribution in [0.15, 0.2) is 47.4 Å². The third kappa shape index (κ3) is 4.91. The third-order valence-corrected chi connectivity index (χ3v) is 7.49. The molecule has 35 heavy (non-hydrogen) atoms. The zero-order valence-electron chi connectivity index (χ0n) is 21.1. The molecule has 0 bridgehead atoms. The molecule has 0 unspecified atom stereocenters. The fourth-order valence-electron chi connectivity index (χ4n) is 4.72. The summed E-state index contributed by atoms with van der Waals surface area (Å²) < 4.78 is 0. The topological polar surface area (TPSA) is 69.7 Å². The minimum Gasteiger partial charge on any atom is -0.363 e. The number of carbonyl (C=O) groups excluding carboxylic acids is 3. The van der Waals surface area contributed by atoms with Crippen molar-refractivity contribution in [3.8, 4) is 0 Å². The summed E-state index contributed by atoms with van der Waals surface area (Å²) in [4.78, 5) is 41.7. The molecule has 0 aliphatic carbocycles. The number of aryl methyl sites for hydroxylation is 2. The zero-order valence-corrected chi connectivity index (χ0v) is 21.9. The number of allylic oxidation sites excluding steroid dienone is 1. The molecule has 7 heteroatoms. The fraction of sp³-hybridized carbons (Fsp3) is 0.321. The van der Waals surface area contributed by atoms with Crippen molar-refractivity contribution in [3.05, 3.63) is 69.6 Å². The van der Waals surface area contributed by atoms with Crippen LogP contribution >= 0.6 is 11.8 Å². The summed E-state index contributed by atoms with van der Waals surface area (Å²) in [6.45, 7) is 13.2. The zero-order chi connectivity index (χ0) is 25.5. The van der Waals surface area contributed by atoms with Gasteiger partial charge in [-0.2, -0.15) is 0 Å². The molecule has 182 valence electrons. The van der Waals surface area contributed by atoms with Gasteiger partial charge < -0.3 is 10.2 Å². The molecule has 0 spiro atoms. The second-order valence-electron chi connectivity index (χ2n) is 9.62. The lowest BCUT2D eigenvalue weighted by atomic mass is 9.88. The first-order chi connectivity index (χ1) is 16.5. The maximum Gasteiger partial charge on any atom is 0.294 e.